The van der Waals surface area contributed by atoms with Crippen molar-refractivity contribution in [1.29, 1.82) is 0 Å². The van der Waals surface area contributed by atoms with E-state index in [0.717, 1.165) is 35.3 Å². The molecule has 18 heavy (non-hydrogen) atoms. The molecule has 3 heteroatoms. The van der Waals surface area contributed by atoms with E-state index in [0.29, 0.717) is 0 Å². The minimum absolute atomic E-state index is 0.769. The van der Waals surface area contributed by atoms with Crippen LogP contribution in [-0.4, -0.2) is 13.7 Å². The number of halogens is 1. The van der Waals surface area contributed by atoms with Crippen LogP contribution in [0.15, 0.2) is 18.2 Å². The van der Waals surface area contributed by atoms with Gasteiger partial charge in [0.2, 0.25) is 0 Å². The smallest absolute Gasteiger partial charge is 0.123 e. The summed E-state index contributed by atoms with van der Waals surface area (Å²) in [5.74, 6) is 1.76. The van der Waals surface area contributed by atoms with Crippen molar-refractivity contribution in [3.8, 4) is 5.75 Å². The lowest BCUT2D eigenvalue weighted by atomic mass is 9.89. The van der Waals surface area contributed by atoms with E-state index in [2.05, 4.69) is 5.32 Å². The summed E-state index contributed by atoms with van der Waals surface area (Å²) in [6.07, 6.45) is 6.96. The van der Waals surface area contributed by atoms with Gasteiger partial charge in [-0.15, -0.1) is 0 Å². The van der Waals surface area contributed by atoms with Crippen molar-refractivity contribution in [2.45, 2.75) is 38.6 Å². The van der Waals surface area contributed by atoms with Gasteiger partial charge in [0.1, 0.15) is 5.75 Å². The molecule has 2 rings (SSSR count). The van der Waals surface area contributed by atoms with Crippen molar-refractivity contribution >= 4 is 11.6 Å². The zero-order chi connectivity index (χ0) is 12.8. The van der Waals surface area contributed by atoms with Crippen LogP contribution in [0.25, 0.3) is 0 Å². The molecule has 0 bridgehead atoms. The van der Waals surface area contributed by atoms with Crippen molar-refractivity contribution in [3.63, 3.8) is 0 Å². The summed E-state index contributed by atoms with van der Waals surface area (Å²) in [6, 6.07) is 5.78. The second-order valence-corrected chi connectivity index (χ2v) is 5.53. The topological polar surface area (TPSA) is 21.3 Å². The highest BCUT2D eigenvalue weighted by Crippen LogP contribution is 2.24. The van der Waals surface area contributed by atoms with Crippen molar-refractivity contribution in [2.75, 3.05) is 13.7 Å². The zero-order valence-electron chi connectivity index (χ0n) is 11.0. The molecule has 1 aliphatic carbocycles. The maximum absolute atomic E-state index is 6.02. The molecule has 2 nitrogen and oxygen atoms in total. The number of rotatable bonds is 5. The first kappa shape index (κ1) is 13.7. The third kappa shape index (κ3) is 3.89. The second-order valence-electron chi connectivity index (χ2n) is 5.09. The van der Waals surface area contributed by atoms with Crippen LogP contribution in [-0.2, 0) is 6.54 Å². The van der Waals surface area contributed by atoms with Crippen LogP contribution in [0.2, 0.25) is 5.02 Å². The first-order valence-electron chi connectivity index (χ1n) is 6.82. The lowest BCUT2D eigenvalue weighted by molar-refractivity contribution is 0.340. The molecule has 1 fully saturated rings. The van der Waals surface area contributed by atoms with Gasteiger partial charge in [0.05, 0.1) is 7.11 Å². The Morgan fingerprint density at radius 3 is 2.78 bits per heavy atom. The Hall–Kier alpha value is -0.730. The Morgan fingerprint density at radius 2 is 2.06 bits per heavy atom. The Balaban J connectivity index is 1.83. The summed E-state index contributed by atoms with van der Waals surface area (Å²) < 4.78 is 5.34. The van der Waals surface area contributed by atoms with E-state index in [1.807, 2.05) is 18.2 Å². The minimum atomic E-state index is 0.769. The average Bonchev–Trinajstić information content (AvgIpc) is 2.40. The summed E-state index contributed by atoms with van der Waals surface area (Å²) in [7, 11) is 1.70. The van der Waals surface area contributed by atoms with E-state index in [-0.39, 0.29) is 0 Å². The van der Waals surface area contributed by atoms with Gasteiger partial charge in [0, 0.05) is 17.1 Å². The molecule has 0 aliphatic heterocycles. The third-order valence-electron chi connectivity index (χ3n) is 3.72. The van der Waals surface area contributed by atoms with Crippen molar-refractivity contribution in [1.82, 2.24) is 5.32 Å². The fourth-order valence-electron chi connectivity index (χ4n) is 2.69. The summed E-state index contributed by atoms with van der Waals surface area (Å²) in [6.45, 7) is 1.94. The number of benzene rings is 1. The van der Waals surface area contributed by atoms with Gasteiger partial charge >= 0.3 is 0 Å². The molecule has 1 aromatic carbocycles. The Bertz CT molecular complexity index is 375. The van der Waals surface area contributed by atoms with E-state index in [9.17, 15) is 0 Å². The van der Waals surface area contributed by atoms with Gasteiger partial charge in [0.15, 0.2) is 0 Å². The van der Waals surface area contributed by atoms with Gasteiger partial charge in [-0.2, -0.15) is 0 Å². The maximum atomic E-state index is 6.02. The fraction of sp³-hybridized carbons (Fsp3) is 0.600. The number of hydrogen-bond donors (Lipinski definition) is 1. The number of hydrogen-bond acceptors (Lipinski definition) is 2. The quantitative estimate of drug-likeness (QED) is 0.870. The van der Waals surface area contributed by atoms with Gasteiger partial charge in [-0.25, -0.2) is 0 Å². The Morgan fingerprint density at radius 1 is 1.28 bits per heavy atom. The lowest BCUT2D eigenvalue weighted by Gasteiger charge is -2.22. The van der Waals surface area contributed by atoms with Crippen molar-refractivity contribution in [3.05, 3.63) is 28.8 Å². The van der Waals surface area contributed by atoms with Crippen LogP contribution >= 0.6 is 11.6 Å². The fourth-order valence-corrected chi connectivity index (χ4v) is 2.88. The summed E-state index contributed by atoms with van der Waals surface area (Å²) in [4.78, 5) is 0. The van der Waals surface area contributed by atoms with E-state index < -0.39 is 0 Å². The predicted octanol–water partition coefficient (Wildman–Crippen LogP) is 4.02. The van der Waals surface area contributed by atoms with Crippen LogP contribution in [0.3, 0.4) is 0 Å². The molecule has 1 saturated carbocycles. The largest absolute Gasteiger partial charge is 0.496 e. The van der Waals surface area contributed by atoms with Crippen LogP contribution < -0.4 is 10.1 Å². The number of nitrogens with one attached hydrogen (secondary N) is 1. The second kappa shape index (κ2) is 7.01. The summed E-state index contributed by atoms with van der Waals surface area (Å²) in [5.41, 5.74) is 1.14. The highest BCUT2D eigenvalue weighted by atomic mass is 35.5. The Kier molecular flexibility index (Phi) is 5.33. The van der Waals surface area contributed by atoms with Gasteiger partial charge in [-0.3, -0.25) is 0 Å². The molecule has 100 valence electrons. The predicted molar refractivity (Wildman–Crippen MR) is 76.3 cm³/mol. The van der Waals surface area contributed by atoms with Crippen LogP contribution in [0, 0.1) is 5.92 Å². The lowest BCUT2D eigenvalue weighted by Crippen LogP contribution is -2.24. The summed E-state index contributed by atoms with van der Waals surface area (Å²) >= 11 is 6.02. The van der Waals surface area contributed by atoms with E-state index in [4.69, 9.17) is 16.3 Å². The van der Waals surface area contributed by atoms with Crippen molar-refractivity contribution in [2.24, 2.45) is 5.92 Å². The zero-order valence-corrected chi connectivity index (χ0v) is 11.8. The average molecular weight is 268 g/mol. The maximum Gasteiger partial charge on any atom is 0.123 e. The SMILES string of the molecule is COc1ccc(Cl)cc1CNCC1CCCCC1. The first-order chi connectivity index (χ1) is 8.79. The monoisotopic (exact) mass is 267 g/mol. The van der Waals surface area contributed by atoms with E-state index >= 15 is 0 Å². The third-order valence-corrected chi connectivity index (χ3v) is 3.95. The molecule has 0 amide bonds. The number of methoxy groups -OCH3 is 1. The first-order valence-corrected chi connectivity index (χ1v) is 7.20. The molecule has 1 aliphatic rings. The molecule has 0 heterocycles. The highest BCUT2D eigenvalue weighted by molar-refractivity contribution is 6.30. The molecule has 1 aromatic rings. The normalized spacial score (nSPS) is 16.8. The summed E-state index contributed by atoms with van der Waals surface area (Å²) in [5, 5.41) is 4.30. The molecule has 0 spiro atoms. The van der Waals surface area contributed by atoms with Crippen LogP contribution in [0.5, 0.6) is 5.75 Å². The van der Waals surface area contributed by atoms with Gasteiger partial charge in [-0.05, 0) is 43.5 Å². The van der Waals surface area contributed by atoms with Crippen LogP contribution in [0.1, 0.15) is 37.7 Å². The molecule has 0 aromatic heterocycles. The van der Waals surface area contributed by atoms with Crippen LogP contribution in [0.4, 0.5) is 0 Å². The molecular formula is C15H22ClNO. The number of ether oxygens (including phenoxy) is 1. The van der Waals surface area contributed by atoms with Gasteiger partial charge in [-0.1, -0.05) is 30.9 Å². The minimum Gasteiger partial charge on any atom is -0.496 e. The molecule has 0 atom stereocenters. The molecular weight excluding hydrogens is 246 g/mol. The van der Waals surface area contributed by atoms with Crippen molar-refractivity contribution < 1.29 is 4.74 Å². The molecule has 0 radical (unpaired) electrons. The molecule has 0 saturated heterocycles. The van der Waals surface area contributed by atoms with Gasteiger partial charge in [0.25, 0.3) is 0 Å². The van der Waals surface area contributed by atoms with E-state index in [1.54, 1.807) is 7.11 Å². The molecule has 1 N–H and O–H groups in total. The molecule has 0 unspecified atom stereocenters. The standard InChI is InChI=1S/C15H22ClNO/c1-18-15-8-7-14(16)9-13(15)11-17-10-12-5-3-2-4-6-12/h7-9,12,17H,2-6,10-11H2,1H3. The van der Waals surface area contributed by atoms with Gasteiger partial charge < -0.3 is 10.1 Å². The van der Waals surface area contributed by atoms with E-state index in [1.165, 1.54) is 32.1 Å². The Labute approximate surface area is 115 Å². The highest BCUT2D eigenvalue weighted by Gasteiger charge is 2.13.